The van der Waals surface area contributed by atoms with Crippen molar-refractivity contribution in [1.82, 2.24) is 19.7 Å². The zero-order valence-electron chi connectivity index (χ0n) is 11.7. The maximum absolute atomic E-state index is 11.0. The third-order valence-electron chi connectivity index (χ3n) is 3.83. The highest BCUT2D eigenvalue weighted by molar-refractivity contribution is 5.69. The van der Waals surface area contributed by atoms with Crippen molar-refractivity contribution in [3.05, 3.63) is 11.6 Å². The first-order valence-corrected chi connectivity index (χ1v) is 6.98. The van der Waals surface area contributed by atoms with Crippen LogP contribution in [0.25, 0.3) is 0 Å². The maximum atomic E-state index is 11.0. The molecule has 0 bridgehead atoms. The van der Waals surface area contributed by atoms with Crippen LogP contribution in [-0.2, 0) is 24.3 Å². The molecule has 0 radical (unpaired) electrons. The van der Waals surface area contributed by atoms with E-state index in [0.717, 1.165) is 37.5 Å². The molecule has 0 aromatic carbocycles. The molecule has 0 fully saturated rings. The number of carboxylic acids is 1. The average Bonchev–Trinajstić information content (AvgIpc) is 2.80. The molecule has 106 valence electrons. The topological polar surface area (TPSA) is 71.2 Å². The fourth-order valence-corrected chi connectivity index (χ4v) is 2.47. The van der Waals surface area contributed by atoms with Crippen LogP contribution in [-0.4, -0.2) is 43.3 Å². The van der Waals surface area contributed by atoms with Gasteiger partial charge in [-0.3, -0.25) is 9.69 Å². The van der Waals surface area contributed by atoms with Crippen molar-refractivity contribution in [1.29, 1.82) is 0 Å². The van der Waals surface area contributed by atoms with Gasteiger partial charge in [0.25, 0.3) is 0 Å². The van der Waals surface area contributed by atoms with Gasteiger partial charge in [-0.15, -0.1) is 10.2 Å². The van der Waals surface area contributed by atoms with Gasteiger partial charge in [0, 0.05) is 19.0 Å². The second-order valence-corrected chi connectivity index (χ2v) is 5.20. The predicted octanol–water partition coefficient (Wildman–Crippen LogP) is 1.30. The quantitative estimate of drug-likeness (QED) is 0.840. The smallest absolute Gasteiger partial charge is 0.317 e. The van der Waals surface area contributed by atoms with Crippen LogP contribution >= 0.6 is 0 Å². The normalized spacial score (nSPS) is 16.4. The highest BCUT2D eigenvalue weighted by Gasteiger charge is 2.21. The van der Waals surface area contributed by atoms with Crippen molar-refractivity contribution in [3.8, 4) is 0 Å². The number of hydrogen-bond acceptors (Lipinski definition) is 4. The SMILES string of the molecule is CCC(C)N(CC(=O)O)Cc1nnc2n1CCCC2. The minimum Gasteiger partial charge on any atom is -0.480 e. The van der Waals surface area contributed by atoms with Gasteiger partial charge in [-0.25, -0.2) is 0 Å². The Labute approximate surface area is 113 Å². The fourth-order valence-electron chi connectivity index (χ4n) is 2.47. The standard InChI is InChI=1S/C13H22N4O2/c1-3-10(2)16(9-13(18)19)8-12-15-14-11-6-4-5-7-17(11)12/h10H,3-9H2,1-2H3,(H,18,19). The minimum atomic E-state index is -0.793. The van der Waals surface area contributed by atoms with E-state index in [0.29, 0.717) is 6.54 Å². The monoisotopic (exact) mass is 266 g/mol. The van der Waals surface area contributed by atoms with E-state index >= 15 is 0 Å². The summed E-state index contributed by atoms with van der Waals surface area (Å²) in [4.78, 5) is 12.9. The van der Waals surface area contributed by atoms with Gasteiger partial charge < -0.3 is 9.67 Å². The van der Waals surface area contributed by atoms with Crippen molar-refractivity contribution < 1.29 is 9.90 Å². The molecule has 0 saturated carbocycles. The van der Waals surface area contributed by atoms with Gasteiger partial charge in [-0.05, 0) is 26.2 Å². The van der Waals surface area contributed by atoms with E-state index in [4.69, 9.17) is 5.11 Å². The lowest BCUT2D eigenvalue weighted by atomic mass is 10.1. The Morgan fingerprint density at radius 2 is 2.26 bits per heavy atom. The van der Waals surface area contributed by atoms with Gasteiger partial charge >= 0.3 is 5.97 Å². The molecule has 1 N–H and O–H groups in total. The van der Waals surface area contributed by atoms with Gasteiger partial charge in [-0.1, -0.05) is 6.92 Å². The summed E-state index contributed by atoms with van der Waals surface area (Å²) in [6.45, 7) is 5.69. The van der Waals surface area contributed by atoms with E-state index < -0.39 is 5.97 Å². The molecule has 1 unspecified atom stereocenters. The first kappa shape index (κ1) is 14.0. The molecular weight excluding hydrogens is 244 g/mol. The largest absolute Gasteiger partial charge is 0.480 e. The number of aliphatic carboxylic acids is 1. The number of carboxylic acid groups (broad SMARTS) is 1. The lowest BCUT2D eigenvalue weighted by molar-refractivity contribution is -0.139. The number of nitrogens with zero attached hydrogens (tertiary/aromatic N) is 4. The molecule has 6 nitrogen and oxygen atoms in total. The van der Waals surface area contributed by atoms with Crippen molar-refractivity contribution in [3.63, 3.8) is 0 Å². The molecule has 0 saturated heterocycles. The number of hydrogen-bond donors (Lipinski definition) is 1. The Morgan fingerprint density at radius 1 is 1.47 bits per heavy atom. The Balaban J connectivity index is 2.12. The number of carbonyl (C=O) groups is 1. The van der Waals surface area contributed by atoms with Crippen molar-refractivity contribution >= 4 is 5.97 Å². The molecule has 1 aliphatic heterocycles. The molecule has 0 spiro atoms. The van der Waals surface area contributed by atoms with E-state index in [2.05, 4.69) is 28.6 Å². The van der Waals surface area contributed by atoms with Gasteiger partial charge in [0.1, 0.15) is 11.6 Å². The number of aromatic nitrogens is 3. The molecule has 0 aliphatic carbocycles. The Kier molecular flexibility index (Phi) is 4.52. The van der Waals surface area contributed by atoms with Crippen molar-refractivity contribution in [2.45, 2.75) is 58.7 Å². The Hall–Kier alpha value is -1.43. The summed E-state index contributed by atoms with van der Waals surface area (Å²) in [5, 5.41) is 17.5. The number of fused-ring (bicyclic) bond motifs is 1. The molecule has 2 rings (SSSR count). The molecule has 19 heavy (non-hydrogen) atoms. The molecule has 1 aromatic rings. The van der Waals surface area contributed by atoms with Crippen molar-refractivity contribution in [2.24, 2.45) is 0 Å². The van der Waals surface area contributed by atoms with Crippen LogP contribution in [0.5, 0.6) is 0 Å². The van der Waals surface area contributed by atoms with Crippen LogP contribution in [0.2, 0.25) is 0 Å². The zero-order chi connectivity index (χ0) is 13.8. The molecule has 1 atom stereocenters. The Bertz CT molecular complexity index is 444. The summed E-state index contributed by atoms with van der Waals surface area (Å²) in [5.74, 6) is 1.15. The van der Waals surface area contributed by atoms with Crippen LogP contribution in [0.4, 0.5) is 0 Å². The average molecular weight is 266 g/mol. The molecule has 6 heteroatoms. The summed E-state index contributed by atoms with van der Waals surface area (Å²) in [5.41, 5.74) is 0. The van der Waals surface area contributed by atoms with Gasteiger partial charge in [-0.2, -0.15) is 0 Å². The van der Waals surface area contributed by atoms with Crippen LogP contribution in [0, 0.1) is 0 Å². The van der Waals surface area contributed by atoms with Crippen LogP contribution in [0.3, 0.4) is 0 Å². The van der Waals surface area contributed by atoms with Gasteiger partial charge in [0.05, 0.1) is 13.1 Å². The van der Waals surface area contributed by atoms with E-state index in [1.807, 2.05) is 4.90 Å². The van der Waals surface area contributed by atoms with Crippen molar-refractivity contribution in [2.75, 3.05) is 6.54 Å². The maximum Gasteiger partial charge on any atom is 0.317 e. The number of aryl methyl sites for hydroxylation is 1. The summed E-state index contributed by atoms with van der Waals surface area (Å²) < 4.78 is 2.15. The third-order valence-corrected chi connectivity index (χ3v) is 3.83. The highest BCUT2D eigenvalue weighted by Crippen LogP contribution is 2.16. The second-order valence-electron chi connectivity index (χ2n) is 5.20. The summed E-state index contributed by atoms with van der Waals surface area (Å²) >= 11 is 0. The first-order chi connectivity index (χ1) is 9.11. The number of rotatable bonds is 6. The second kappa shape index (κ2) is 6.14. The lowest BCUT2D eigenvalue weighted by Crippen LogP contribution is -2.37. The molecule has 1 aromatic heterocycles. The zero-order valence-corrected chi connectivity index (χ0v) is 11.7. The summed E-state index contributed by atoms with van der Waals surface area (Å²) in [6.07, 6.45) is 4.23. The summed E-state index contributed by atoms with van der Waals surface area (Å²) in [6, 6.07) is 0.229. The first-order valence-electron chi connectivity index (χ1n) is 6.98. The van der Waals surface area contributed by atoms with E-state index in [-0.39, 0.29) is 12.6 Å². The molecule has 0 amide bonds. The minimum absolute atomic E-state index is 0.0528. The van der Waals surface area contributed by atoms with E-state index in [9.17, 15) is 4.79 Å². The van der Waals surface area contributed by atoms with Crippen LogP contribution in [0.15, 0.2) is 0 Å². The van der Waals surface area contributed by atoms with Crippen LogP contribution < -0.4 is 0 Å². The van der Waals surface area contributed by atoms with Gasteiger partial charge in [0.15, 0.2) is 0 Å². The fraction of sp³-hybridized carbons (Fsp3) is 0.769. The van der Waals surface area contributed by atoms with E-state index in [1.54, 1.807) is 0 Å². The molecular formula is C13H22N4O2. The highest BCUT2D eigenvalue weighted by atomic mass is 16.4. The predicted molar refractivity (Wildman–Crippen MR) is 70.8 cm³/mol. The van der Waals surface area contributed by atoms with E-state index in [1.165, 1.54) is 6.42 Å². The third kappa shape index (κ3) is 3.32. The lowest BCUT2D eigenvalue weighted by Gasteiger charge is -2.26. The molecule has 2 heterocycles. The van der Waals surface area contributed by atoms with Gasteiger partial charge in [0.2, 0.25) is 0 Å². The Morgan fingerprint density at radius 3 is 2.95 bits per heavy atom. The van der Waals surface area contributed by atoms with Crippen LogP contribution in [0.1, 0.15) is 44.8 Å². The summed E-state index contributed by atoms with van der Waals surface area (Å²) in [7, 11) is 0. The molecule has 1 aliphatic rings.